The number of nitrogen functional groups attached to an aromatic ring is 1. The van der Waals surface area contributed by atoms with Crippen molar-refractivity contribution in [3.63, 3.8) is 0 Å². The molecule has 0 aliphatic carbocycles. The van der Waals surface area contributed by atoms with Gasteiger partial charge >= 0.3 is 0 Å². The largest absolute Gasteiger partial charge is 0.491 e. The van der Waals surface area contributed by atoms with Crippen LogP contribution in [0.3, 0.4) is 0 Å². The zero-order valence-corrected chi connectivity index (χ0v) is 11.0. The second-order valence-electron chi connectivity index (χ2n) is 4.75. The predicted octanol–water partition coefficient (Wildman–Crippen LogP) is 2.89. The Kier molecular flexibility index (Phi) is 2.99. The van der Waals surface area contributed by atoms with Crippen LogP contribution in [0.1, 0.15) is 12.0 Å². The SMILES string of the molecule is Cc1cnc(N2CCCOc3ccccc32)c(N)c1. The number of aromatic nitrogens is 1. The van der Waals surface area contributed by atoms with Crippen LogP contribution in [0.4, 0.5) is 17.2 Å². The Morgan fingerprint density at radius 2 is 2.16 bits per heavy atom. The summed E-state index contributed by atoms with van der Waals surface area (Å²) in [4.78, 5) is 6.62. The lowest BCUT2D eigenvalue weighted by atomic mass is 10.2. The summed E-state index contributed by atoms with van der Waals surface area (Å²) in [5.41, 5.74) is 8.92. The van der Waals surface area contributed by atoms with Gasteiger partial charge in [0.05, 0.1) is 18.0 Å². The first-order valence-corrected chi connectivity index (χ1v) is 6.47. The van der Waals surface area contributed by atoms with Crippen molar-refractivity contribution in [1.29, 1.82) is 0 Å². The molecule has 0 bridgehead atoms. The van der Waals surface area contributed by atoms with Crippen LogP contribution in [0.2, 0.25) is 0 Å². The molecule has 0 atom stereocenters. The quantitative estimate of drug-likeness (QED) is 0.851. The summed E-state index contributed by atoms with van der Waals surface area (Å²) in [5.74, 6) is 1.70. The topological polar surface area (TPSA) is 51.4 Å². The van der Waals surface area contributed by atoms with Crippen molar-refractivity contribution in [1.82, 2.24) is 4.98 Å². The fraction of sp³-hybridized carbons (Fsp3) is 0.267. The molecule has 2 aromatic rings. The minimum absolute atomic E-state index is 0.705. The summed E-state index contributed by atoms with van der Waals surface area (Å²) in [5, 5.41) is 0. The fourth-order valence-corrected chi connectivity index (χ4v) is 2.36. The first-order chi connectivity index (χ1) is 9.25. The Morgan fingerprint density at radius 1 is 1.32 bits per heavy atom. The number of aryl methyl sites for hydroxylation is 1. The summed E-state index contributed by atoms with van der Waals surface area (Å²) >= 11 is 0. The molecule has 4 nitrogen and oxygen atoms in total. The van der Waals surface area contributed by atoms with Gasteiger partial charge in [-0.25, -0.2) is 4.98 Å². The number of ether oxygens (including phenoxy) is 1. The molecular weight excluding hydrogens is 238 g/mol. The zero-order valence-electron chi connectivity index (χ0n) is 11.0. The summed E-state index contributed by atoms with van der Waals surface area (Å²) < 4.78 is 5.75. The van der Waals surface area contributed by atoms with Crippen LogP contribution in [0.5, 0.6) is 5.75 Å². The number of nitrogens with two attached hydrogens (primary N) is 1. The number of anilines is 3. The monoisotopic (exact) mass is 255 g/mol. The predicted molar refractivity (Wildman–Crippen MR) is 76.9 cm³/mol. The maximum atomic E-state index is 6.12. The molecule has 0 radical (unpaired) electrons. The highest BCUT2D eigenvalue weighted by Crippen LogP contribution is 2.37. The van der Waals surface area contributed by atoms with Gasteiger partial charge in [0.2, 0.25) is 0 Å². The van der Waals surface area contributed by atoms with Gasteiger partial charge in [-0.15, -0.1) is 0 Å². The second-order valence-corrected chi connectivity index (χ2v) is 4.75. The van der Waals surface area contributed by atoms with Crippen LogP contribution in [-0.2, 0) is 0 Å². The average molecular weight is 255 g/mol. The van der Waals surface area contributed by atoms with Gasteiger partial charge in [-0.2, -0.15) is 0 Å². The lowest BCUT2D eigenvalue weighted by Crippen LogP contribution is -2.20. The van der Waals surface area contributed by atoms with Gasteiger partial charge in [0.15, 0.2) is 5.82 Å². The van der Waals surface area contributed by atoms with Crippen LogP contribution in [0.15, 0.2) is 36.5 Å². The smallest absolute Gasteiger partial charge is 0.156 e. The first-order valence-electron chi connectivity index (χ1n) is 6.47. The van der Waals surface area contributed by atoms with Crippen LogP contribution in [0, 0.1) is 6.92 Å². The average Bonchev–Trinajstić information content (AvgIpc) is 2.61. The molecule has 19 heavy (non-hydrogen) atoms. The highest BCUT2D eigenvalue weighted by molar-refractivity contribution is 5.75. The van der Waals surface area contributed by atoms with E-state index in [1.54, 1.807) is 0 Å². The van der Waals surface area contributed by atoms with E-state index < -0.39 is 0 Å². The molecule has 1 aromatic heterocycles. The van der Waals surface area contributed by atoms with Gasteiger partial charge in [-0.1, -0.05) is 12.1 Å². The second kappa shape index (κ2) is 4.80. The molecule has 2 heterocycles. The van der Waals surface area contributed by atoms with Crippen molar-refractivity contribution >= 4 is 17.2 Å². The van der Waals surface area contributed by atoms with Gasteiger partial charge < -0.3 is 15.4 Å². The van der Waals surface area contributed by atoms with Crippen molar-refractivity contribution in [2.75, 3.05) is 23.8 Å². The standard InChI is InChI=1S/C15H17N3O/c1-11-9-12(16)15(17-10-11)18-7-4-8-19-14-6-3-2-5-13(14)18/h2-3,5-6,9-10H,4,7-8,16H2,1H3. The van der Waals surface area contributed by atoms with E-state index in [-0.39, 0.29) is 0 Å². The molecule has 0 saturated carbocycles. The molecule has 1 aliphatic heterocycles. The third kappa shape index (κ3) is 2.21. The van der Waals surface area contributed by atoms with E-state index in [0.29, 0.717) is 5.69 Å². The van der Waals surface area contributed by atoms with E-state index >= 15 is 0 Å². The summed E-state index contributed by atoms with van der Waals surface area (Å²) in [6.07, 6.45) is 2.80. The van der Waals surface area contributed by atoms with Crippen molar-refractivity contribution < 1.29 is 4.74 Å². The number of pyridine rings is 1. The number of benzene rings is 1. The highest BCUT2D eigenvalue weighted by Gasteiger charge is 2.20. The third-order valence-corrected chi connectivity index (χ3v) is 3.23. The molecule has 98 valence electrons. The van der Waals surface area contributed by atoms with Crippen molar-refractivity contribution in [2.24, 2.45) is 0 Å². The number of para-hydroxylation sites is 2. The molecule has 3 rings (SSSR count). The number of fused-ring (bicyclic) bond motifs is 1. The summed E-state index contributed by atoms with van der Waals surface area (Å²) in [6, 6.07) is 9.97. The maximum absolute atomic E-state index is 6.12. The van der Waals surface area contributed by atoms with Crippen molar-refractivity contribution in [2.45, 2.75) is 13.3 Å². The number of hydrogen-bond donors (Lipinski definition) is 1. The third-order valence-electron chi connectivity index (χ3n) is 3.23. The zero-order chi connectivity index (χ0) is 13.2. The molecule has 1 aromatic carbocycles. The molecule has 0 saturated heterocycles. The van der Waals surface area contributed by atoms with Gasteiger partial charge in [0, 0.05) is 12.7 Å². The lowest BCUT2D eigenvalue weighted by molar-refractivity contribution is 0.322. The Hall–Kier alpha value is -2.23. The van der Waals surface area contributed by atoms with E-state index in [1.807, 2.05) is 43.5 Å². The molecule has 1 aliphatic rings. The molecule has 0 amide bonds. The van der Waals surface area contributed by atoms with Gasteiger partial charge in [-0.3, -0.25) is 0 Å². The van der Waals surface area contributed by atoms with Crippen molar-refractivity contribution in [3.05, 3.63) is 42.1 Å². The Bertz CT molecular complexity index is 598. The van der Waals surface area contributed by atoms with E-state index in [9.17, 15) is 0 Å². The molecule has 0 spiro atoms. The molecule has 4 heteroatoms. The number of hydrogen-bond acceptors (Lipinski definition) is 4. The highest BCUT2D eigenvalue weighted by atomic mass is 16.5. The van der Waals surface area contributed by atoms with Gasteiger partial charge in [0.1, 0.15) is 5.75 Å². The van der Waals surface area contributed by atoms with Crippen LogP contribution >= 0.6 is 0 Å². The van der Waals surface area contributed by atoms with Crippen LogP contribution < -0.4 is 15.4 Å². The maximum Gasteiger partial charge on any atom is 0.156 e. The minimum atomic E-state index is 0.705. The molecule has 0 fully saturated rings. The molecular formula is C15H17N3O. The summed E-state index contributed by atoms with van der Waals surface area (Å²) in [7, 11) is 0. The van der Waals surface area contributed by atoms with Gasteiger partial charge in [0.25, 0.3) is 0 Å². The summed E-state index contributed by atoms with van der Waals surface area (Å²) in [6.45, 7) is 3.57. The molecule has 0 unspecified atom stereocenters. The van der Waals surface area contributed by atoms with Crippen LogP contribution in [0.25, 0.3) is 0 Å². The van der Waals surface area contributed by atoms with E-state index in [2.05, 4.69) is 9.88 Å². The Balaban J connectivity index is 2.09. The minimum Gasteiger partial charge on any atom is -0.491 e. The Morgan fingerprint density at radius 3 is 3.00 bits per heavy atom. The normalized spacial score (nSPS) is 14.5. The van der Waals surface area contributed by atoms with E-state index in [4.69, 9.17) is 10.5 Å². The van der Waals surface area contributed by atoms with E-state index in [1.165, 1.54) is 0 Å². The number of rotatable bonds is 1. The first kappa shape index (κ1) is 11.8. The van der Waals surface area contributed by atoms with Crippen molar-refractivity contribution in [3.8, 4) is 5.75 Å². The number of nitrogens with zero attached hydrogens (tertiary/aromatic N) is 2. The molecule has 2 N–H and O–H groups in total. The fourth-order valence-electron chi connectivity index (χ4n) is 2.36. The van der Waals surface area contributed by atoms with Crippen LogP contribution in [-0.4, -0.2) is 18.1 Å². The van der Waals surface area contributed by atoms with E-state index in [0.717, 1.165) is 42.4 Å². The Labute approximate surface area is 112 Å². The van der Waals surface area contributed by atoms with Gasteiger partial charge in [-0.05, 0) is 37.1 Å². The lowest BCUT2D eigenvalue weighted by Gasteiger charge is -2.24.